The zero-order valence-corrected chi connectivity index (χ0v) is 7.90. The Morgan fingerprint density at radius 1 is 1.43 bits per heavy atom. The third-order valence-corrected chi connectivity index (χ3v) is 1.92. The summed E-state index contributed by atoms with van der Waals surface area (Å²) in [6, 6.07) is 6.94. The Labute approximate surface area is 82.4 Å². The Bertz CT molecular complexity index is 373. The van der Waals surface area contributed by atoms with Crippen LogP contribution in [0.15, 0.2) is 42.1 Å². The molecule has 0 aromatic heterocycles. The summed E-state index contributed by atoms with van der Waals surface area (Å²) >= 11 is 0. The molecule has 0 heterocycles. The van der Waals surface area contributed by atoms with Crippen molar-refractivity contribution in [3.63, 3.8) is 0 Å². The summed E-state index contributed by atoms with van der Waals surface area (Å²) < 4.78 is 0. The van der Waals surface area contributed by atoms with Crippen molar-refractivity contribution >= 4 is 11.5 Å². The number of ketones is 1. The highest BCUT2D eigenvalue weighted by molar-refractivity contribution is 6.13. The highest BCUT2D eigenvalue weighted by Crippen LogP contribution is 2.11. The average Bonchev–Trinajstić information content (AvgIpc) is 2.27. The van der Waals surface area contributed by atoms with Crippen LogP contribution < -0.4 is 0 Å². The molecule has 1 aromatic carbocycles. The number of allylic oxidation sites excluding steroid dienone is 1. The van der Waals surface area contributed by atoms with Gasteiger partial charge in [-0.3, -0.25) is 4.79 Å². The molecule has 1 rings (SSSR count). The number of hydrogen-bond acceptors (Lipinski definition) is 3. The standard InChI is InChI=1S/C11H11NO2/c1-3-11(13)10-7-5-4-6-9(10)8(2)12-14/h3-7,14H,1H2,2H3. The lowest BCUT2D eigenvalue weighted by atomic mass is 10.0. The molecule has 1 N–H and O–H groups in total. The zero-order valence-electron chi connectivity index (χ0n) is 7.90. The summed E-state index contributed by atoms with van der Waals surface area (Å²) in [5, 5.41) is 11.7. The van der Waals surface area contributed by atoms with E-state index in [0.29, 0.717) is 16.8 Å². The normalized spacial score (nSPS) is 11.1. The van der Waals surface area contributed by atoms with Crippen LogP contribution in [0, 0.1) is 0 Å². The van der Waals surface area contributed by atoms with Gasteiger partial charge in [0.15, 0.2) is 5.78 Å². The Morgan fingerprint density at radius 3 is 2.50 bits per heavy atom. The van der Waals surface area contributed by atoms with Gasteiger partial charge in [0.2, 0.25) is 0 Å². The fraction of sp³-hybridized carbons (Fsp3) is 0.0909. The summed E-state index contributed by atoms with van der Waals surface area (Å²) in [7, 11) is 0. The minimum absolute atomic E-state index is 0.177. The van der Waals surface area contributed by atoms with Crippen LogP contribution in [0.1, 0.15) is 22.8 Å². The number of nitrogens with zero attached hydrogens (tertiary/aromatic N) is 1. The molecule has 0 bridgehead atoms. The van der Waals surface area contributed by atoms with Crippen molar-refractivity contribution in [3.05, 3.63) is 48.0 Å². The number of carbonyl (C=O) groups is 1. The monoisotopic (exact) mass is 189 g/mol. The van der Waals surface area contributed by atoms with Crippen molar-refractivity contribution < 1.29 is 10.0 Å². The first kappa shape index (κ1) is 10.2. The van der Waals surface area contributed by atoms with Gasteiger partial charge in [-0.25, -0.2) is 0 Å². The first-order valence-corrected chi connectivity index (χ1v) is 4.15. The lowest BCUT2D eigenvalue weighted by molar-refractivity contribution is 0.104. The van der Waals surface area contributed by atoms with Crippen LogP contribution in [-0.2, 0) is 0 Å². The van der Waals surface area contributed by atoms with Crippen LogP contribution in [0.25, 0.3) is 0 Å². The highest BCUT2D eigenvalue weighted by atomic mass is 16.4. The van der Waals surface area contributed by atoms with Crippen LogP contribution in [0.4, 0.5) is 0 Å². The van der Waals surface area contributed by atoms with Crippen LogP contribution in [0.2, 0.25) is 0 Å². The minimum Gasteiger partial charge on any atom is -0.411 e. The van der Waals surface area contributed by atoms with Crippen molar-refractivity contribution in [1.82, 2.24) is 0 Å². The third kappa shape index (κ3) is 1.88. The summed E-state index contributed by atoms with van der Waals surface area (Å²) in [6.07, 6.45) is 1.24. The van der Waals surface area contributed by atoms with Gasteiger partial charge in [0.25, 0.3) is 0 Å². The first-order chi connectivity index (χ1) is 6.70. The number of carbonyl (C=O) groups excluding carboxylic acids is 1. The molecule has 0 saturated heterocycles. The predicted molar refractivity (Wildman–Crippen MR) is 55.0 cm³/mol. The summed E-state index contributed by atoms with van der Waals surface area (Å²) in [5.74, 6) is -0.177. The Morgan fingerprint density at radius 2 is 2.00 bits per heavy atom. The van der Waals surface area contributed by atoms with Gasteiger partial charge in [0.1, 0.15) is 0 Å². The summed E-state index contributed by atoms with van der Waals surface area (Å²) in [5.41, 5.74) is 1.54. The molecule has 0 aliphatic carbocycles. The van der Waals surface area contributed by atoms with Crippen LogP contribution in [0.3, 0.4) is 0 Å². The van der Waals surface area contributed by atoms with Gasteiger partial charge in [0.05, 0.1) is 5.71 Å². The number of rotatable bonds is 3. The van der Waals surface area contributed by atoms with Gasteiger partial charge in [-0.05, 0) is 13.0 Å². The fourth-order valence-corrected chi connectivity index (χ4v) is 1.18. The van der Waals surface area contributed by atoms with E-state index in [2.05, 4.69) is 11.7 Å². The smallest absolute Gasteiger partial charge is 0.185 e. The fourth-order valence-electron chi connectivity index (χ4n) is 1.18. The molecule has 0 fully saturated rings. The Hall–Kier alpha value is -1.90. The van der Waals surface area contributed by atoms with E-state index in [0.717, 1.165) is 0 Å². The van der Waals surface area contributed by atoms with E-state index in [-0.39, 0.29) is 5.78 Å². The van der Waals surface area contributed by atoms with Crippen molar-refractivity contribution in [1.29, 1.82) is 0 Å². The molecule has 0 aliphatic rings. The van der Waals surface area contributed by atoms with Crippen LogP contribution >= 0.6 is 0 Å². The molecule has 3 heteroatoms. The van der Waals surface area contributed by atoms with Crippen molar-refractivity contribution in [2.45, 2.75) is 6.92 Å². The molecule has 3 nitrogen and oxygen atoms in total. The molecule has 14 heavy (non-hydrogen) atoms. The lowest BCUT2D eigenvalue weighted by Gasteiger charge is -2.04. The molecule has 0 amide bonds. The summed E-state index contributed by atoms with van der Waals surface area (Å²) in [4.78, 5) is 11.4. The first-order valence-electron chi connectivity index (χ1n) is 4.15. The summed E-state index contributed by atoms with van der Waals surface area (Å²) in [6.45, 7) is 5.05. The second kappa shape index (κ2) is 4.37. The zero-order chi connectivity index (χ0) is 10.6. The van der Waals surface area contributed by atoms with Crippen molar-refractivity contribution in [2.24, 2.45) is 5.16 Å². The quantitative estimate of drug-likeness (QED) is 0.260. The van der Waals surface area contributed by atoms with Crippen LogP contribution in [-0.4, -0.2) is 16.7 Å². The van der Waals surface area contributed by atoms with Gasteiger partial charge in [-0.15, -0.1) is 0 Å². The van der Waals surface area contributed by atoms with E-state index in [1.165, 1.54) is 6.08 Å². The largest absolute Gasteiger partial charge is 0.411 e. The molecule has 0 aliphatic heterocycles. The molecular weight excluding hydrogens is 178 g/mol. The van der Waals surface area contributed by atoms with Crippen molar-refractivity contribution in [2.75, 3.05) is 0 Å². The molecule has 0 spiro atoms. The van der Waals surface area contributed by atoms with Crippen LogP contribution in [0.5, 0.6) is 0 Å². The number of hydrogen-bond donors (Lipinski definition) is 1. The lowest BCUT2D eigenvalue weighted by Crippen LogP contribution is -2.05. The number of oxime groups is 1. The molecule has 1 aromatic rings. The van der Waals surface area contributed by atoms with Gasteiger partial charge in [-0.2, -0.15) is 0 Å². The Balaban J connectivity index is 3.29. The maximum Gasteiger partial charge on any atom is 0.185 e. The highest BCUT2D eigenvalue weighted by Gasteiger charge is 2.09. The minimum atomic E-state index is -0.177. The van der Waals surface area contributed by atoms with Gasteiger partial charge in [-0.1, -0.05) is 36.0 Å². The SMILES string of the molecule is C=CC(=O)c1ccccc1C(C)=NO. The Kier molecular flexibility index (Phi) is 3.18. The van der Waals surface area contributed by atoms with E-state index in [4.69, 9.17) is 5.21 Å². The van der Waals surface area contributed by atoms with Crippen molar-refractivity contribution in [3.8, 4) is 0 Å². The van der Waals surface area contributed by atoms with E-state index in [1.54, 1.807) is 31.2 Å². The second-order valence-corrected chi connectivity index (χ2v) is 2.80. The molecule has 0 unspecified atom stereocenters. The van der Waals surface area contributed by atoms with Gasteiger partial charge < -0.3 is 5.21 Å². The third-order valence-electron chi connectivity index (χ3n) is 1.92. The molecule has 0 saturated carbocycles. The molecular formula is C11H11NO2. The average molecular weight is 189 g/mol. The van der Waals surface area contributed by atoms with E-state index < -0.39 is 0 Å². The molecule has 72 valence electrons. The van der Waals surface area contributed by atoms with Gasteiger partial charge in [0, 0.05) is 11.1 Å². The van der Waals surface area contributed by atoms with Gasteiger partial charge >= 0.3 is 0 Å². The molecule has 0 atom stereocenters. The maximum absolute atomic E-state index is 11.4. The van der Waals surface area contributed by atoms with E-state index >= 15 is 0 Å². The molecule has 0 radical (unpaired) electrons. The number of benzene rings is 1. The predicted octanol–water partition coefficient (Wildman–Crippen LogP) is 2.25. The maximum atomic E-state index is 11.4. The topological polar surface area (TPSA) is 49.7 Å². The van der Waals surface area contributed by atoms with E-state index in [1.807, 2.05) is 0 Å². The van der Waals surface area contributed by atoms with E-state index in [9.17, 15) is 4.79 Å². The second-order valence-electron chi connectivity index (χ2n) is 2.80.